The fourth-order valence-electron chi connectivity index (χ4n) is 17.6. The molecule has 0 aliphatic heterocycles. The first-order valence-electron chi connectivity index (χ1n) is 47.0. The van der Waals surface area contributed by atoms with Crippen molar-refractivity contribution in [3.63, 3.8) is 0 Å². The molecule has 0 atom stereocenters. The summed E-state index contributed by atoms with van der Waals surface area (Å²) in [7, 11) is -15.8. The van der Waals surface area contributed by atoms with Crippen molar-refractivity contribution in [2.24, 2.45) is 5.41 Å². The number of hydrogen-bond acceptors (Lipinski definition) is 20. The maximum absolute atomic E-state index is 15.5. The van der Waals surface area contributed by atoms with Gasteiger partial charge in [0.25, 0.3) is 7.49 Å². The molecule has 0 bridgehead atoms. The quantitative estimate of drug-likeness (QED) is 0.0212. The Morgan fingerprint density at radius 2 is 0.434 bits per heavy atom. The Hall–Kier alpha value is -15.6. The molecule has 0 saturated carbocycles. The summed E-state index contributed by atoms with van der Waals surface area (Å²) in [5, 5.41) is 3.03. The summed E-state index contributed by atoms with van der Waals surface area (Å²) in [6.07, 6.45) is 0. The molecule has 0 aliphatic rings. The lowest BCUT2D eigenvalue weighted by atomic mass is 9.92. The first-order chi connectivity index (χ1) is 69.9. The minimum atomic E-state index is -4.01. The van der Waals surface area contributed by atoms with Crippen LogP contribution >= 0.6 is 28.9 Å². The lowest BCUT2D eigenvalue weighted by Crippen LogP contribution is -2.44. The van der Waals surface area contributed by atoms with E-state index >= 15 is 32.9 Å². The van der Waals surface area contributed by atoms with Crippen LogP contribution in [0.4, 0.5) is 0 Å². The van der Waals surface area contributed by atoms with Gasteiger partial charge in [0.15, 0.2) is 0 Å². The molecule has 0 aliphatic carbocycles. The van der Waals surface area contributed by atoms with E-state index in [0.717, 1.165) is 22.3 Å². The Bertz CT molecular complexity index is 6910. The van der Waals surface area contributed by atoms with E-state index in [1.165, 1.54) is 48.5 Å². The number of hydrogen-bond donors (Lipinski definition) is 1. The molecule has 0 radical (unpaired) electrons. The van der Waals surface area contributed by atoms with Crippen LogP contribution < -0.4 is 61.4 Å². The molecule has 0 fully saturated rings. The van der Waals surface area contributed by atoms with Crippen molar-refractivity contribution in [2.45, 2.75) is 81.8 Å². The molecular weight excluding hydrogens is 1900 g/mol. The zero-order valence-electron chi connectivity index (χ0n) is 81.1. The van der Waals surface area contributed by atoms with Gasteiger partial charge in [-0.25, -0.2) is 28.9 Å². The van der Waals surface area contributed by atoms with Gasteiger partial charge in [-0.1, -0.05) is 291 Å². The Kier molecular flexibility index (Phi) is 32.0. The van der Waals surface area contributed by atoms with E-state index in [2.05, 4.69) is 0 Å². The predicted molar refractivity (Wildman–Crippen MR) is 568 cm³/mol. The Labute approximate surface area is 842 Å². The van der Waals surface area contributed by atoms with E-state index < -0.39 is 107 Å². The molecule has 0 saturated heterocycles. The van der Waals surface area contributed by atoms with Crippen LogP contribution in [0.2, 0.25) is 0 Å². The minimum Gasteiger partial charge on any atom is -0.488 e. The second kappa shape index (κ2) is 45.3. The summed E-state index contributed by atoms with van der Waals surface area (Å²) in [6.45, 7) is 11.0. The van der Waals surface area contributed by atoms with Crippen molar-refractivity contribution in [1.82, 2.24) is 0 Å². The zero-order valence-corrected chi connectivity index (χ0v) is 84.7. The van der Waals surface area contributed by atoms with E-state index in [4.69, 9.17) is 37.9 Å². The lowest BCUT2D eigenvalue weighted by Gasteiger charge is -2.31. The summed E-state index contributed by atoms with van der Waals surface area (Å²) >= 11 is 0. The number of ether oxygens (including phenoxy) is 8. The molecule has 16 rings (SSSR count). The van der Waals surface area contributed by atoms with Gasteiger partial charge in [0.2, 0.25) is 38.0 Å². The molecule has 728 valence electrons. The highest BCUT2D eigenvalue weighted by Crippen LogP contribution is 2.58. The molecule has 1 N–H and O–H groups in total. The average Bonchev–Trinajstić information content (AvgIpc) is 0.763. The zero-order chi connectivity index (χ0) is 102. The standard InChI is InChI=1S/C121H105O20P4/c1-81-65-85(5)109(117(126)142(130,97-33-17-9-18-34-97)98-35-19-10-20-36-98)105(69-81)134-73-89-49-57-93(58-50-89)113(122)138-77-121(78-139-114(123)94-59-51-90(52-60-94)74-135-106-70-82(2)66-86(6)110(106)118(127)143(131,99-37-21-11-22-38-99)100-39-23-12-24-40-100,79-140-115(124)95-61-53-91(54-62-95)75-136-107-71-83(3)67-87(7)111(107)119(128)144(132,101-41-25-13-26-42-101)102-43-27-14-28-44-102)80-141-116(125)96-63-55-92(56-64-96)76-137-108-72-84(4)68-88(8)112(108)120(129)145(133,103-45-29-15-30-46-103)104-47-31-16-32-48-104/h9-72,130H,73-80H2,1-8H3/q+1. The van der Waals surface area contributed by atoms with E-state index in [-0.39, 0.29) is 93.9 Å². The molecule has 16 aromatic carbocycles. The van der Waals surface area contributed by atoms with Crippen LogP contribution in [0.3, 0.4) is 0 Å². The van der Waals surface area contributed by atoms with Gasteiger partial charge in [-0.15, -0.1) is 0 Å². The average molecular weight is 2000 g/mol. The minimum absolute atomic E-state index is 0.0110. The topological polar surface area (TPSA) is 282 Å². The maximum Gasteiger partial charge on any atom is 0.341 e. The van der Waals surface area contributed by atoms with Crippen molar-refractivity contribution in [3.8, 4) is 23.0 Å². The molecule has 0 aromatic heterocycles. The van der Waals surface area contributed by atoms with Crippen LogP contribution in [-0.4, -0.2) is 77.3 Å². The largest absolute Gasteiger partial charge is 0.488 e. The third-order valence-electron chi connectivity index (χ3n) is 25.1. The Morgan fingerprint density at radius 3 is 0.641 bits per heavy atom. The predicted octanol–water partition coefficient (Wildman–Crippen LogP) is 22.4. The first kappa shape index (κ1) is 102. The SMILES string of the molecule is Cc1cc(C)c(C(=O)P(=O)(c2ccccc2)c2ccccc2)c(OCc2ccc(C(=O)OCC(COC(=O)c3ccc(COc4cc(C)cc(C)c4C(=O)P(=O)(c4ccccc4)c4ccccc4)cc3)(COC(=O)c3ccc(COc4cc(C)cc(C)c4C(=O)P(=O)(c4ccccc4)c4ccccc4)cc3)COC(=O)c3ccc(COc4cc(C)cc(C)c4C(=O)[P+](O)(c4ccccc4)c4ccccc4)cc3)cc2)c1. The smallest absolute Gasteiger partial charge is 0.341 e. The second-order valence-electron chi connectivity index (χ2n) is 35.9. The van der Waals surface area contributed by atoms with E-state index in [9.17, 15) is 24.1 Å². The molecule has 20 nitrogen and oxygen atoms in total. The summed E-state index contributed by atoms with van der Waals surface area (Å²) in [6, 6.07) is 108. The molecule has 16 aromatic rings. The summed E-state index contributed by atoms with van der Waals surface area (Å²) in [4.78, 5) is 133. The van der Waals surface area contributed by atoms with Crippen LogP contribution in [0.25, 0.3) is 0 Å². The summed E-state index contributed by atoms with van der Waals surface area (Å²) in [5.41, 5.74) is 3.88. The highest BCUT2D eigenvalue weighted by atomic mass is 31.2. The highest BCUT2D eigenvalue weighted by Gasteiger charge is 2.53. The molecule has 0 amide bonds. The molecule has 0 heterocycles. The van der Waals surface area contributed by atoms with Gasteiger partial charge in [-0.2, -0.15) is 0 Å². The number of benzene rings is 16. The summed E-state index contributed by atoms with van der Waals surface area (Å²) in [5.74, 6) is -2.89. The number of carbonyl (C=O) groups is 8. The van der Waals surface area contributed by atoms with E-state index in [0.29, 0.717) is 86.9 Å². The lowest BCUT2D eigenvalue weighted by molar-refractivity contribution is -0.0642. The van der Waals surface area contributed by atoms with Crippen molar-refractivity contribution < 1.29 is 94.8 Å². The normalized spacial score (nSPS) is 11.6. The van der Waals surface area contributed by atoms with Gasteiger partial charge in [0, 0.05) is 31.8 Å². The fraction of sp³-hybridized carbons (Fsp3) is 0.140. The first-order valence-corrected chi connectivity index (χ1v) is 53.9. The maximum atomic E-state index is 15.5. The van der Waals surface area contributed by atoms with Gasteiger partial charge in [0.05, 0.1) is 38.9 Å². The van der Waals surface area contributed by atoms with Crippen LogP contribution in [0.5, 0.6) is 23.0 Å². The van der Waals surface area contributed by atoms with Gasteiger partial charge in [-0.3, -0.25) is 14.4 Å². The number of rotatable bonds is 40. The third-order valence-corrected chi connectivity index (χ3v) is 36.6. The summed E-state index contributed by atoms with van der Waals surface area (Å²) < 4.78 is 97.5. The van der Waals surface area contributed by atoms with Gasteiger partial charge < -0.3 is 51.6 Å². The van der Waals surface area contributed by atoms with Crippen LogP contribution in [0, 0.1) is 60.8 Å². The highest BCUT2D eigenvalue weighted by molar-refractivity contribution is 7.99. The molecular formula is C121H105O20P4+. The van der Waals surface area contributed by atoms with E-state index in [1.54, 1.807) is 331 Å². The third kappa shape index (κ3) is 22.7. The molecule has 0 unspecified atom stereocenters. The second-order valence-corrected chi connectivity index (χ2v) is 46.6. The van der Waals surface area contributed by atoms with Crippen molar-refractivity contribution in [3.05, 3.63) is 500 Å². The van der Waals surface area contributed by atoms with Crippen LogP contribution in [-0.2, 0) is 59.1 Å². The number of esters is 4. The van der Waals surface area contributed by atoms with E-state index in [1.807, 2.05) is 64.1 Å². The van der Waals surface area contributed by atoms with Gasteiger partial charge in [-0.05, 0) is 219 Å². The molecule has 0 spiro atoms. The number of carbonyl (C=O) groups excluding carboxylic acids is 8. The van der Waals surface area contributed by atoms with Crippen LogP contribution in [0.1, 0.15) is 150 Å². The van der Waals surface area contributed by atoms with Crippen molar-refractivity contribution >= 4 is 117 Å². The fourth-order valence-corrected chi connectivity index (χ4v) is 27.8. The Balaban J connectivity index is 0.694. The van der Waals surface area contributed by atoms with Gasteiger partial charge in [0.1, 0.15) is 97.4 Å². The molecule has 145 heavy (non-hydrogen) atoms. The van der Waals surface area contributed by atoms with Crippen molar-refractivity contribution in [1.29, 1.82) is 0 Å². The van der Waals surface area contributed by atoms with Gasteiger partial charge >= 0.3 is 29.4 Å². The monoisotopic (exact) mass is 2000 g/mol. The number of aryl methyl sites for hydroxylation is 8. The molecule has 24 heteroatoms. The van der Waals surface area contributed by atoms with Crippen molar-refractivity contribution in [2.75, 3.05) is 26.4 Å². The van der Waals surface area contributed by atoms with Crippen LogP contribution in [0.15, 0.2) is 388 Å². The Morgan fingerprint density at radius 1 is 0.248 bits per heavy atom.